The molecule has 0 aromatic heterocycles. The number of halogens is 1. The van der Waals surface area contributed by atoms with Crippen LogP contribution >= 0.6 is 12.4 Å². The summed E-state index contributed by atoms with van der Waals surface area (Å²) in [6.45, 7) is 0. The van der Waals surface area contributed by atoms with Crippen LogP contribution in [0, 0.1) is 0 Å². The smallest absolute Gasteiger partial charge is 0.328 e. The first-order chi connectivity index (χ1) is 8.17. The molecule has 0 bridgehead atoms. The van der Waals surface area contributed by atoms with E-state index in [1.807, 2.05) is 0 Å². The summed E-state index contributed by atoms with van der Waals surface area (Å²) in [5, 5.41) is 8.50. The van der Waals surface area contributed by atoms with E-state index in [2.05, 4.69) is 9.78 Å². The molecule has 0 saturated heterocycles. The molecular weight excluding hydrogens is 264 g/mol. The van der Waals surface area contributed by atoms with Gasteiger partial charge in [-0.3, -0.25) is 0 Å². The van der Waals surface area contributed by atoms with Crippen LogP contribution in [0.4, 0.5) is 0 Å². The van der Waals surface area contributed by atoms with Crippen LogP contribution < -0.4 is 9.78 Å². The number of aliphatic carboxylic acids is 1. The van der Waals surface area contributed by atoms with Gasteiger partial charge in [-0.15, -0.1) is 12.4 Å². The van der Waals surface area contributed by atoms with Gasteiger partial charge < -0.3 is 14.9 Å². The highest BCUT2D eigenvalue weighted by atomic mass is 35.5. The van der Waals surface area contributed by atoms with Gasteiger partial charge in [0.05, 0.1) is 14.2 Å². The standard InChI is InChI=1S/C11H12O6.ClH/c1-14-16-9-5-3-8(4-6-11(12)13)7-10(9)17-15-2;/h3-7H,1-2H3,(H,12,13);1H. The van der Waals surface area contributed by atoms with Gasteiger partial charge in [0.15, 0.2) is 0 Å². The molecule has 0 saturated carbocycles. The highest BCUT2D eigenvalue weighted by Gasteiger charge is 2.07. The Morgan fingerprint density at radius 3 is 2.33 bits per heavy atom. The first-order valence-electron chi connectivity index (χ1n) is 4.63. The zero-order valence-electron chi connectivity index (χ0n) is 9.78. The quantitative estimate of drug-likeness (QED) is 0.487. The highest BCUT2D eigenvalue weighted by molar-refractivity contribution is 5.85. The number of carboxylic acids is 1. The number of carbonyl (C=O) groups is 1. The Morgan fingerprint density at radius 1 is 1.17 bits per heavy atom. The first kappa shape index (κ1) is 16.2. The minimum absolute atomic E-state index is 0. The van der Waals surface area contributed by atoms with Crippen LogP contribution in [0.15, 0.2) is 24.3 Å². The Hall–Kier alpha value is -1.76. The molecular formula is C11H13ClO6. The van der Waals surface area contributed by atoms with E-state index in [-0.39, 0.29) is 18.2 Å². The second-order valence-corrected chi connectivity index (χ2v) is 2.88. The van der Waals surface area contributed by atoms with Crippen molar-refractivity contribution >= 4 is 24.5 Å². The molecule has 1 aromatic carbocycles. The van der Waals surface area contributed by atoms with Crippen LogP contribution in [0.3, 0.4) is 0 Å². The van der Waals surface area contributed by atoms with Crippen molar-refractivity contribution in [1.82, 2.24) is 0 Å². The Bertz CT molecular complexity index is 418. The second kappa shape index (κ2) is 8.35. The molecule has 6 nitrogen and oxygen atoms in total. The Labute approximate surface area is 110 Å². The number of hydrogen-bond acceptors (Lipinski definition) is 5. The van der Waals surface area contributed by atoms with Crippen molar-refractivity contribution in [3.63, 3.8) is 0 Å². The van der Waals surface area contributed by atoms with E-state index in [9.17, 15) is 4.79 Å². The Morgan fingerprint density at radius 2 is 1.78 bits per heavy atom. The summed E-state index contributed by atoms with van der Waals surface area (Å²) in [5.74, 6) is -0.430. The van der Waals surface area contributed by atoms with Gasteiger partial charge in [0.2, 0.25) is 11.5 Å². The summed E-state index contributed by atoms with van der Waals surface area (Å²) in [5.41, 5.74) is 0.628. The van der Waals surface area contributed by atoms with Gasteiger partial charge in [-0.05, 0) is 23.8 Å². The maximum atomic E-state index is 10.4. The number of carboxylic acid groups (broad SMARTS) is 1. The predicted octanol–water partition coefficient (Wildman–Crippen LogP) is 2.09. The molecule has 100 valence electrons. The lowest BCUT2D eigenvalue weighted by atomic mass is 10.2. The molecule has 0 fully saturated rings. The molecule has 1 N–H and O–H groups in total. The van der Waals surface area contributed by atoms with Gasteiger partial charge in [0.1, 0.15) is 0 Å². The first-order valence-corrected chi connectivity index (χ1v) is 4.63. The second-order valence-electron chi connectivity index (χ2n) is 2.88. The van der Waals surface area contributed by atoms with E-state index < -0.39 is 5.97 Å². The van der Waals surface area contributed by atoms with Gasteiger partial charge in [-0.25, -0.2) is 4.79 Å². The molecule has 1 rings (SSSR count). The monoisotopic (exact) mass is 276 g/mol. The van der Waals surface area contributed by atoms with Crippen LogP contribution in [0.5, 0.6) is 11.5 Å². The van der Waals surface area contributed by atoms with Crippen LogP contribution in [-0.2, 0) is 14.6 Å². The lowest BCUT2D eigenvalue weighted by Gasteiger charge is -2.07. The lowest BCUT2D eigenvalue weighted by Crippen LogP contribution is -1.97. The third-order valence-electron chi connectivity index (χ3n) is 1.73. The molecule has 0 aliphatic carbocycles. The maximum Gasteiger partial charge on any atom is 0.328 e. The largest absolute Gasteiger partial charge is 0.478 e. The predicted molar refractivity (Wildman–Crippen MR) is 65.6 cm³/mol. The fourth-order valence-electron chi connectivity index (χ4n) is 1.11. The maximum absolute atomic E-state index is 10.4. The van der Waals surface area contributed by atoms with E-state index in [4.69, 9.17) is 14.9 Å². The number of hydrogen-bond donors (Lipinski definition) is 1. The van der Waals surface area contributed by atoms with Gasteiger partial charge in [0.25, 0.3) is 0 Å². The summed E-state index contributed by atoms with van der Waals surface area (Å²) in [6.07, 6.45) is 2.43. The molecule has 18 heavy (non-hydrogen) atoms. The van der Waals surface area contributed by atoms with Crippen LogP contribution in [0.25, 0.3) is 6.08 Å². The molecule has 0 atom stereocenters. The molecule has 0 unspecified atom stereocenters. The van der Waals surface area contributed by atoms with Crippen molar-refractivity contribution in [3.8, 4) is 11.5 Å². The molecule has 0 aliphatic heterocycles. The third-order valence-corrected chi connectivity index (χ3v) is 1.73. The van der Waals surface area contributed by atoms with Crippen molar-refractivity contribution in [1.29, 1.82) is 0 Å². The average molecular weight is 277 g/mol. The molecule has 7 heteroatoms. The Balaban J connectivity index is 0.00000289. The summed E-state index contributed by atoms with van der Waals surface area (Å²) >= 11 is 0. The minimum Gasteiger partial charge on any atom is -0.478 e. The minimum atomic E-state index is -1.03. The summed E-state index contributed by atoms with van der Waals surface area (Å²) in [4.78, 5) is 29.1. The summed E-state index contributed by atoms with van der Waals surface area (Å²) < 4.78 is 0. The molecule has 0 heterocycles. The Kier molecular flexibility index (Phi) is 7.53. The molecule has 0 amide bonds. The topological polar surface area (TPSA) is 74.2 Å². The highest BCUT2D eigenvalue weighted by Crippen LogP contribution is 2.29. The van der Waals surface area contributed by atoms with Crippen molar-refractivity contribution < 1.29 is 29.5 Å². The molecule has 0 radical (unpaired) electrons. The SMILES string of the molecule is COOc1ccc(C=CC(=O)O)cc1OOC.Cl. The van der Waals surface area contributed by atoms with Gasteiger partial charge >= 0.3 is 5.97 Å². The molecule has 1 aromatic rings. The summed E-state index contributed by atoms with van der Waals surface area (Å²) in [6, 6.07) is 4.77. The van der Waals surface area contributed by atoms with Gasteiger partial charge in [0, 0.05) is 6.08 Å². The van der Waals surface area contributed by atoms with Crippen LogP contribution in [-0.4, -0.2) is 25.3 Å². The number of rotatable bonds is 6. The average Bonchev–Trinajstić information content (AvgIpc) is 2.30. The lowest BCUT2D eigenvalue weighted by molar-refractivity contribution is -0.201. The van der Waals surface area contributed by atoms with Crippen molar-refractivity contribution in [3.05, 3.63) is 29.8 Å². The van der Waals surface area contributed by atoms with Crippen LogP contribution in [0.2, 0.25) is 0 Å². The van der Waals surface area contributed by atoms with E-state index >= 15 is 0 Å². The summed E-state index contributed by atoms with van der Waals surface area (Å²) in [7, 11) is 2.70. The third kappa shape index (κ3) is 5.05. The molecule has 0 aliphatic rings. The van der Waals surface area contributed by atoms with Crippen molar-refractivity contribution in [2.24, 2.45) is 0 Å². The van der Waals surface area contributed by atoms with Crippen molar-refractivity contribution in [2.75, 3.05) is 14.2 Å². The fraction of sp³-hybridized carbons (Fsp3) is 0.182. The number of benzene rings is 1. The van der Waals surface area contributed by atoms with E-state index in [0.29, 0.717) is 11.3 Å². The normalized spacial score (nSPS) is 9.89. The molecule has 0 spiro atoms. The van der Waals surface area contributed by atoms with E-state index in [1.54, 1.807) is 18.2 Å². The fourth-order valence-corrected chi connectivity index (χ4v) is 1.11. The van der Waals surface area contributed by atoms with E-state index in [1.165, 1.54) is 20.3 Å². The van der Waals surface area contributed by atoms with Crippen LogP contribution in [0.1, 0.15) is 5.56 Å². The van der Waals surface area contributed by atoms with Crippen molar-refractivity contribution in [2.45, 2.75) is 0 Å². The van der Waals surface area contributed by atoms with E-state index in [0.717, 1.165) is 6.08 Å². The van der Waals surface area contributed by atoms with Gasteiger partial charge in [-0.1, -0.05) is 6.07 Å². The zero-order valence-corrected chi connectivity index (χ0v) is 10.6. The zero-order chi connectivity index (χ0) is 12.7. The van der Waals surface area contributed by atoms with Gasteiger partial charge in [-0.2, -0.15) is 9.78 Å².